The van der Waals surface area contributed by atoms with Gasteiger partial charge in [-0.25, -0.2) is 0 Å². The van der Waals surface area contributed by atoms with Crippen LogP contribution in [0.5, 0.6) is 0 Å². The number of benzene rings is 1. The van der Waals surface area contributed by atoms with E-state index in [9.17, 15) is 4.79 Å². The van der Waals surface area contributed by atoms with Crippen molar-refractivity contribution < 1.29 is 9.90 Å². The minimum absolute atomic E-state index is 0.0672. The van der Waals surface area contributed by atoms with Crippen LogP contribution < -0.4 is 5.32 Å². The Morgan fingerprint density at radius 2 is 2.27 bits per heavy atom. The van der Waals surface area contributed by atoms with Gasteiger partial charge in [0, 0.05) is 16.2 Å². The van der Waals surface area contributed by atoms with Crippen LogP contribution in [0.15, 0.2) is 22.7 Å². The van der Waals surface area contributed by atoms with Crippen LogP contribution in [0.25, 0.3) is 0 Å². The number of rotatable bonds is 4. The average Bonchev–Trinajstić information content (AvgIpc) is 2.08. The molecule has 0 amide bonds. The maximum Gasteiger partial charge on any atom is 0.305 e. The highest BCUT2D eigenvalue weighted by molar-refractivity contribution is 9.10. The molecule has 1 atom stereocenters. The van der Waals surface area contributed by atoms with E-state index in [1.165, 1.54) is 0 Å². The zero-order chi connectivity index (χ0) is 11.4. The summed E-state index contributed by atoms with van der Waals surface area (Å²) >= 11 is 3.38. The summed E-state index contributed by atoms with van der Waals surface area (Å²) in [6, 6.07) is 5.80. The molecule has 0 radical (unpaired) electrons. The van der Waals surface area contributed by atoms with Crippen LogP contribution in [0.3, 0.4) is 0 Å². The average molecular weight is 272 g/mol. The van der Waals surface area contributed by atoms with Crippen molar-refractivity contribution in [2.75, 3.05) is 5.32 Å². The maximum atomic E-state index is 10.5. The summed E-state index contributed by atoms with van der Waals surface area (Å²) in [5.74, 6) is -0.787. The molecule has 3 nitrogen and oxygen atoms in total. The number of carboxylic acids is 1. The van der Waals surface area contributed by atoms with Gasteiger partial charge in [-0.3, -0.25) is 4.79 Å². The molecule has 15 heavy (non-hydrogen) atoms. The lowest BCUT2D eigenvalue weighted by molar-refractivity contribution is -0.137. The Hall–Kier alpha value is -1.03. The Balaban J connectivity index is 2.68. The van der Waals surface area contributed by atoms with E-state index in [0.717, 1.165) is 15.7 Å². The van der Waals surface area contributed by atoms with E-state index >= 15 is 0 Å². The molecule has 0 spiro atoms. The molecule has 0 aromatic heterocycles. The molecular weight excluding hydrogens is 258 g/mol. The van der Waals surface area contributed by atoms with Gasteiger partial charge in [-0.2, -0.15) is 0 Å². The SMILES string of the molecule is Cc1cc(Br)ccc1NC(C)CC(=O)O. The van der Waals surface area contributed by atoms with Crippen molar-refractivity contribution in [1.82, 2.24) is 0 Å². The zero-order valence-electron chi connectivity index (χ0n) is 8.75. The van der Waals surface area contributed by atoms with Gasteiger partial charge in [0.1, 0.15) is 0 Å². The first-order valence-corrected chi connectivity index (χ1v) is 5.53. The summed E-state index contributed by atoms with van der Waals surface area (Å²) in [6.45, 7) is 3.84. The predicted molar refractivity (Wildman–Crippen MR) is 64.2 cm³/mol. The molecule has 0 saturated heterocycles. The third-order valence-corrected chi connectivity index (χ3v) is 2.56. The summed E-state index contributed by atoms with van der Waals surface area (Å²) in [5.41, 5.74) is 2.08. The van der Waals surface area contributed by atoms with Crippen molar-refractivity contribution in [3.63, 3.8) is 0 Å². The smallest absolute Gasteiger partial charge is 0.305 e. The highest BCUT2D eigenvalue weighted by Crippen LogP contribution is 2.20. The Kier molecular flexibility index (Phi) is 4.15. The molecule has 0 saturated carbocycles. The number of hydrogen-bond acceptors (Lipinski definition) is 2. The zero-order valence-corrected chi connectivity index (χ0v) is 10.3. The number of hydrogen-bond donors (Lipinski definition) is 2. The van der Waals surface area contributed by atoms with Crippen LogP contribution >= 0.6 is 15.9 Å². The quantitative estimate of drug-likeness (QED) is 0.885. The molecule has 0 fully saturated rings. The van der Waals surface area contributed by atoms with Crippen molar-refractivity contribution in [3.8, 4) is 0 Å². The van der Waals surface area contributed by atoms with Gasteiger partial charge in [0.05, 0.1) is 6.42 Å². The van der Waals surface area contributed by atoms with E-state index in [2.05, 4.69) is 21.2 Å². The molecule has 0 aliphatic carbocycles. The van der Waals surface area contributed by atoms with E-state index in [1.54, 1.807) is 0 Å². The van der Waals surface area contributed by atoms with Crippen LogP contribution in [0, 0.1) is 6.92 Å². The fourth-order valence-electron chi connectivity index (χ4n) is 1.37. The molecule has 2 N–H and O–H groups in total. The highest BCUT2D eigenvalue weighted by Gasteiger charge is 2.08. The third-order valence-electron chi connectivity index (χ3n) is 2.07. The molecule has 0 heterocycles. The normalized spacial score (nSPS) is 12.2. The molecule has 82 valence electrons. The lowest BCUT2D eigenvalue weighted by Gasteiger charge is -2.15. The molecule has 1 aromatic carbocycles. The largest absolute Gasteiger partial charge is 0.481 e. The minimum atomic E-state index is -0.787. The standard InChI is InChI=1S/C11H14BrNO2/c1-7-5-9(12)3-4-10(7)13-8(2)6-11(14)15/h3-5,8,13H,6H2,1-2H3,(H,14,15). The van der Waals surface area contributed by atoms with Gasteiger partial charge < -0.3 is 10.4 Å². The second-order valence-corrected chi connectivity index (χ2v) is 4.52. The lowest BCUT2D eigenvalue weighted by Crippen LogP contribution is -2.19. The van der Waals surface area contributed by atoms with Crippen molar-refractivity contribution in [2.45, 2.75) is 26.3 Å². The number of carbonyl (C=O) groups is 1. The van der Waals surface area contributed by atoms with E-state index in [-0.39, 0.29) is 12.5 Å². The molecule has 1 aromatic rings. The maximum absolute atomic E-state index is 10.5. The van der Waals surface area contributed by atoms with Crippen molar-refractivity contribution >= 4 is 27.6 Å². The number of carboxylic acid groups (broad SMARTS) is 1. The van der Waals surface area contributed by atoms with Gasteiger partial charge in [0.25, 0.3) is 0 Å². The van der Waals surface area contributed by atoms with Gasteiger partial charge in [-0.1, -0.05) is 15.9 Å². The minimum Gasteiger partial charge on any atom is -0.481 e. The van der Waals surface area contributed by atoms with Crippen LogP contribution in [-0.4, -0.2) is 17.1 Å². The first-order chi connectivity index (χ1) is 6.99. The molecule has 1 rings (SSSR count). The summed E-state index contributed by atoms with van der Waals surface area (Å²) in [6.07, 6.45) is 0.121. The summed E-state index contributed by atoms with van der Waals surface area (Å²) in [5, 5.41) is 11.8. The fraction of sp³-hybridized carbons (Fsp3) is 0.364. The molecule has 0 aliphatic heterocycles. The van der Waals surface area contributed by atoms with Crippen molar-refractivity contribution in [1.29, 1.82) is 0 Å². The number of anilines is 1. The van der Waals surface area contributed by atoms with Gasteiger partial charge in [0.15, 0.2) is 0 Å². The number of aryl methyl sites for hydroxylation is 1. The van der Waals surface area contributed by atoms with E-state index < -0.39 is 5.97 Å². The topological polar surface area (TPSA) is 49.3 Å². The van der Waals surface area contributed by atoms with E-state index in [4.69, 9.17) is 5.11 Å². The van der Waals surface area contributed by atoms with Crippen molar-refractivity contribution in [3.05, 3.63) is 28.2 Å². The Morgan fingerprint density at radius 3 is 2.80 bits per heavy atom. The van der Waals surface area contributed by atoms with Crippen molar-refractivity contribution in [2.24, 2.45) is 0 Å². The van der Waals surface area contributed by atoms with Gasteiger partial charge in [0.2, 0.25) is 0 Å². The second kappa shape index (κ2) is 5.16. The Morgan fingerprint density at radius 1 is 1.60 bits per heavy atom. The molecule has 4 heteroatoms. The van der Waals surface area contributed by atoms with E-state index in [0.29, 0.717) is 0 Å². The Labute approximate surface area is 97.6 Å². The highest BCUT2D eigenvalue weighted by atomic mass is 79.9. The first-order valence-electron chi connectivity index (χ1n) is 4.73. The summed E-state index contributed by atoms with van der Waals surface area (Å²) < 4.78 is 1.02. The number of nitrogens with one attached hydrogen (secondary N) is 1. The monoisotopic (exact) mass is 271 g/mol. The van der Waals surface area contributed by atoms with Gasteiger partial charge in [-0.05, 0) is 37.6 Å². The fourth-order valence-corrected chi connectivity index (χ4v) is 1.84. The van der Waals surface area contributed by atoms with Gasteiger partial charge in [-0.15, -0.1) is 0 Å². The van der Waals surface area contributed by atoms with Crippen LogP contribution in [0.2, 0.25) is 0 Å². The Bertz CT molecular complexity index is 366. The third kappa shape index (κ3) is 3.91. The van der Waals surface area contributed by atoms with E-state index in [1.807, 2.05) is 32.0 Å². The molecule has 0 bridgehead atoms. The van der Waals surface area contributed by atoms with Crippen LogP contribution in [0.1, 0.15) is 18.9 Å². The first kappa shape index (κ1) is 12.0. The lowest BCUT2D eigenvalue weighted by atomic mass is 10.1. The van der Waals surface area contributed by atoms with Gasteiger partial charge >= 0.3 is 5.97 Å². The second-order valence-electron chi connectivity index (χ2n) is 3.60. The summed E-state index contributed by atoms with van der Waals surface area (Å²) in [4.78, 5) is 10.5. The predicted octanol–water partition coefficient (Wildman–Crippen LogP) is 3.03. The summed E-state index contributed by atoms with van der Waals surface area (Å²) in [7, 11) is 0. The number of halogens is 1. The molecule has 1 unspecified atom stereocenters. The number of aliphatic carboxylic acids is 1. The molecule has 0 aliphatic rings. The van der Waals surface area contributed by atoms with Crippen LogP contribution in [0.4, 0.5) is 5.69 Å². The molecular formula is C11H14BrNO2. The van der Waals surface area contributed by atoms with Crippen LogP contribution in [-0.2, 0) is 4.79 Å².